The number of H-pyrrole nitrogens is 2. The van der Waals surface area contributed by atoms with Crippen LogP contribution in [0.1, 0.15) is 22.5 Å². The number of nitrogens with zero attached hydrogens (tertiary/aromatic N) is 1. The van der Waals surface area contributed by atoms with E-state index in [0.717, 1.165) is 27.7 Å². The topological polar surface area (TPSA) is 61.5 Å². The predicted octanol–water partition coefficient (Wildman–Crippen LogP) is 3.43. The van der Waals surface area contributed by atoms with Crippen LogP contribution in [0.3, 0.4) is 0 Å². The maximum Gasteiger partial charge on any atom is 0.270 e. The van der Waals surface area contributed by atoms with Crippen molar-refractivity contribution in [2.75, 3.05) is 0 Å². The summed E-state index contributed by atoms with van der Waals surface area (Å²) < 4.78 is 0. The summed E-state index contributed by atoms with van der Waals surface area (Å²) in [5.74, 6) is 0. The highest BCUT2D eigenvalue weighted by molar-refractivity contribution is 5.83. The summed E-state index contributed by atoms with van der Waals surface area (Å²) in [4.78, 5) is 23.0. The first kappa shape index (κ1) is 14.5. The van der Waals surface area contributed by atoms with Crippen molar-refractivity contribution in [3.8, 4) is 0 Å². The van der Waals surface area contributed by atoms with Crippen LogP contribution in [0.5, 0.6) is 0 Å². The first-order valence-corrected chi connectivity index (χ1v) is 7.95. The van der Waals surface area contributed by atoms with Gasteiger partial charge in [-0.3, -0.25) is 9.78 Å². The molecule has 2 aromatic carbocycles. The SMILES string of the molecule is O=c1[nH]c(Cc2ccccc2)cnc1Cc1c[nH]c2ccccc12. The lowest BCUT2D eigenvalue weighted by Crippen LogP contribution is -2.17. The molecule has 2 heterocycles. The lowest BCUT2D eigenvalue weighted by atomic mass is 10.1. The third-order valence-electron chi connectivity index (χ3n) is 4.18. The number of nitrogens with one attached hydrogen (secondary N) is 2. The first-order chi connectivity index (χ1) is 11.8. The molecule has 0 aliphatic carbocycles. The Balaban J connectivity index is 1.59. The molecule has 4 nitrogen and oxygen atoms in total. The van der Waals surface area contributed by atoms with Gasteiger partial charge in [0.15, 0.2) is 0 Å². The molecule has 0 aliphatic heterocycles. The maximum atomic E-state index is 12.4. The summed E-state index contributed by atoms with van der Waals surface area (Å²) in [6.07, 6.45) is 4.91. The molecule has 0 atom stereocenters. The highest BCUT2D eigenvalue weighted by Gasteiger charge is 2.09. The Bertz CT molecular complexity index is 1030. The van der Waals surface area contributed by atoms with E-state index in [0.29, 0.717) is 18.5 Å². The second-order valence-corrected chi connectivity index (χ2v) is 5.88. The normalized spacial score (nSPS) is 11.0. The van der Waals surface area contributed by atoms with Crippen molar-refractivity contribution in [2.45, 2.75) is 12.8 Å². The van der Waals surface area contributed by atoms with Crippen molar-refractivity contribution in [1.82, 2.24) is 15.0 Å². The molecule has 0 amide bonds. The Kier molecular flexibility index (Phi) is 3.71. The Labute approximate surface area is 139 Å². The van der Waals surface area contributed by atoms with Crippen LogP contribution in [-0.4, -0.2) is 15.0 Å². The number of benzene rings is 2. The quantitative estimate of drug-likeness (QED) is 0.606. The molecule has 0 aliphatic rings. The largest absolute Gasteiger partial charge is 0.361 e. The molecular weight excluding hydrogens is 298 g/mol. The van der Waals surface area contributed by atoms with Crippen LogP contribution < -0.4 is 5.56 Å². The van der Waals surface area contributed by atoms with Crippen molar-refractivity contribution in [2.24, 2.45) is 0 Å². The summed E-state index contributed by atoms with van der Waals surface area (Å²) in [5, 5.41) is 1.13. The number of hydrogen-bond donors (Lipinski definition) is 2. The summed E-state index contributed by atoms with van der Waals surface area (Å²) in [7, 11) is 0. The van der Waals surface area contributed by atoms with E-state index in [-0.39, 0.29) is 5.56 Å². The molecule has 0 bridgehead atoms. The van der Waals surface area contributed by atoms with Crippen molar-refractivity contribution in [1.29, 1.82) is 0 Å². The zero-order valence-electron chi connectivity index (χ0n) is 13.1. The van der Waals surface area contributed by atoms with Gasteiger partial charge in [-0.2, -0.15) is 0 Å². The number of fused-ring (bicyclic) bond motifs is 1. The second-order valence-electron chi connectivity index (χ2n) is 5.88. The van der Waals surface area contributed by atoms with Gasteiger partial charge in [-0.05, 0) is 17.2 Å². The minimum absolute atomic E-state index is 0.117. The molecule has 4 aromatic rings. The van der Waals surface area contributed by atoms with E-state index < -0.39 is 0 Å². The molecule has 4 heteroatoms. The molecule has 0 unspecified atom stereocenters. The predicted molar refractivity (Wildman–Crippen MR) is 95.2 cm³/mol. The number of rotatable bonds is 4. The highest BCUT2D eigenvalue weighted by Crippen LogP contribution is 2.19. The minimum atomic E-state index is -0.117. The molecule has 0 saturated carbocycles. The zero-order valence-corrected chi connectivity index (χ0v) is 13.1. The Morgan fingerprint density at radius 1 is 0.917 bits per heavy atom. The van der Waals surface area contributed by atoms with Crippen molar-refractivity contribution in [3.63, 3.8) is 0 Å². The molecule has 0 radical (unpaired) electrons. The lowest BCUT2D eigenvalue weighted by Gasteiger charge is -2.04. The number of hydrogen-bond acceptors (Lipinski definition) is 2. The fraction of sp³-hybridized carbons (Fsp3) is 0.100. The summed E-state index contributed by atoms with van der Waals surface area (Å²) in [6, 6.07) is 18.1. The third-order valence-corrected chi connectivity index (χ3v) is 4.18. The lowest BCUT2D eigenvalue weighted by molar-refractivity contribution is 0.934. The molecular formula is C20H17N3O. The van der Waals surface area contributed by atoms with Crippen molar-refractivity contribution < 1.29 is 0 Å². The Morgan fingerprint density at radius 3 is 2.54 bits per heavy atom. The first-order valence-electron chi connectivity index (χ1n) is 7.95. The molecule has 0 fully saturated rings. The fourth-order valence-electron chi connectivity index (χ4n) is 2.95. The average Bonchev–Trinajstić information content (AvgIpc) is 3.01. The molecule has 24 heavy (non-hydrogen) atoms. The van der Waals surface area contributed by atoms with E-state index in [1.54, 1.807) is 6.20 Å². The van der Waals surface area contributed by atoms with E-state index in [1.165, 1.54) is 0 Å². The van der Waals surface area contributed by atoms with Gasteiger partial charge in [-0.1, -0.05) is 48.5 Å². The number of para-hydroxylation sites is 1. The summed E-state index contributed by atoms with van der Waals surface area (Å²) in [5.41, 5.74) is 4.56. The van der Waals surface area contributed by atoms with Crippen LogP contribution >= 0.6 is 0 Å². The fourth-order valence-corrected chi connectivity index (χ4v) is 2.95. The van der Waals surface area contributed by atoms with Crippen LogP contribution in [0.15, 0.2) is 71.8 Å². The third kappa shape index (κ3) is 2.86. The van der Waals surface area contributed by atoms with Gasteiger partial charge in [0.25, 0.3) is 5.56 Å². The van der Waals surface area contributed by atoms with Gasteiger partial charge in [-0.15, -0.1) is 0 Å². The standard InChI is InChI=1S/C20H17N3O/c24-20-19(11-15-12-21-18-9-5-4-8-17(15)18)22-13-16(23-20)10-14-6-2-1-3-7-14/h1-9,12-13,21H,10-11H2,(H,23,24). The van der Waals surface area contributed by atoms with Gasteiger partial charge in [0.05, 0.1) is 0 Å². The van der Waals surface area contributed by atoms with Crippen molar-refractivity contribution >= 4 is 10.9 Å². The van der Waals surface area contributed by atoms with Gasteiger partial charge in [-0.25, -0.2) is 0 Å². The average molecular weight is 315 g/mol. The molecule has 0 saturated heterocycles. The van der Waals surface area contributed by atoms with E-state index in [4.69, 9.17) is 0 Å². The highest BCUT2D eigenvalue weighted by atomic mass is 16.1. The van der Waals surface area contributed by atoms with Crippen LogP contribution in [0.2, 0.25) is 0 Å². The molecule has 2 aromatic heterocycles. The van der Waals surface area contributed by atoms with Gasteiger partial charge >= 0.3 is 0 Å². The molecule has 4 rings (SSSR count). The number of aromatic nitrogens is 3. The minimum Gasteiger partial charge on any atom is -0.361 e. The maximum absolute atomic E-state index is 12.4. The zero-order chi connectivity index (χ0) is 16.4. The van der Waals surface area contributed by atoms with Crippen LogP contribution in [0.25, 0.3) is 10.9 Å². The Morgan fingerprint density at radius 2 is 1.71 bits per heavy atom. The van der Waals surface area contributed by atoms with Gasteiger partial charge < -0.3 is 9.97 Å². The van der Waals surface area contributed by atoms with Crippen LogP contribution in [0, 0.1) is 0 Å². The second kappa shape index (κ2) is 6.16. The van der Waals surface area contributed by atoms with E-state index in [2.05, 4.69) is 21.0 Å². The van der Waals surface area contributed by atoms with E-state index >= 15 is 0 Å². The molecule has 0 spiro atoms. The molecule has 118 valence electrons. The van der Waals surface area contributed by atoms with Crippen LogP contribution in [0.4, 0.5) is 0 Å². The molecule has 2 N–H and O–H groups in total. The van der Waals surface area contributed by atoms with Crippen molar-refractivity contribution in [3.05, 3.63) is 99.9 Å². The van der Waals surface area contributed by atoms with Gasteiger partial charge in [0.2, 0.25) is 0 Å². The van der Waals surface area contributed by atoms with Crippen LogP contribution in [-0.2, 0) is 12.8 Å². The van der Waals surface area contributed by atoms with Gasteiger partial charge in [0.1, 0.15) is 5.69 Å². The van der Waals surface area contributed by atoms with Gasteiger partial charge in [0, 0.05) is 41.8 Å². The summed E-state index contributed by atoms with van der Waals surface area (Å²) in [6.45, 7) is 0. The number of aromatic amines is 2. The Hall–Kier alpha value is -3.14. The van der Waals surface area contributed by atoms with E-state index in [9.17, 15) is 4.79 Å². The smallest absolute Gasteiger partial charge is 0.270 e. The summed E-state index contributed by atoms with van der Waals surface area (Å²) >= 11 is 0. The van der Waals surface area contributed by atoms with E-state index in [1.807, 2.05) is 54.7 Å². The monoisotopic (exact) mass is 315 g/mol.